The molecule has 0 aromatic rings. The number of likely N-dealkylation sites (tertiary alicyclic amines) is 1. The van der Waals surface area contributed by atoms with E-state index in [0.717, 1.165) is 0 Å². The number of rotatable bonds is 15. The summed E-state index contributed by atoms with van der Waals surface area (Å²) in [7, 11) is 0. The molecule has 9 N–H and O–H groups in total. The van der Waals surface area contributed by atoms with E-state index in [1.165, 1.54) is 16.7 Å². The minimum Gasteiger partial charge on any atom is -0.480 e. The van der Waals surface area contributed by atoms with E-state index in [1.807, 2.05) is 6.26 Å². The van der Waals surface area contributed by atoms with Crippen molar-refractivity contribution in [3.05, 3.63) is 0 Å². The van der Waals surface area contributed by atoms with Gasteiger partial charge in [0.15, 0.2) is 0 Å². The van der Waals surface area contributed by atoms with Crippen LogP contribution in [-0.4, -0.2) is 88.9 Å². The van der Waals surface area contributed by atoms with E-state index in [0.29, 0.717) is 44.4 Å². The fraction of sp³-hybridized carbons (Fsp3) is 0.750. The van der Waals surface area contributed by atoms with Crippen molar-refractivity contribution in [2.45, 2.75) is 69.1 Å². The maximum atomic E-state index is 13.1. The molecule has 1 rings (SSSR count). The lowest BCUT2D eigenvalue weighted by atomic mass is 10.1. The van der Waals surface area contributed by atoms with Gasteiger partial charge in [-0.2, -0.15) is 11.8 Å². The number of carboxylic acids is 1. The highest BCUT2D eigenvalue weighted by Gasteiger charge is 2.39. The number of aliphatic carboxylic acids is 1. The van der Waals surface area contributed by atoms with E-state index in [4.69, 9.17) is 17.2 Å². The number of carbonyl (C=O) groups is 5. The molecular formula is C20H36N6O6S. The molecule has 188 valence electrons. The van der Waals surface area contributed by atoms with Crippen molar-refractivity contribution in [1.82, 2.24) is 15.5 Å². The third kappa shape index (κ3) is 9.56. The van der Waals surface area contributed by atoms with Crippen LogP contribution in [-0.2, 0) is 24.0 Å². The molecule has 13 heteroatoms. The van der Waals surface area contributed by atoms with Gasteiger partial charge in [-0.25, -0.2) is 4.79 Å². The Morgan fingerprint density at radius 2 is 1.82 bits per heavy atom. The second kappa shape index (κ2) is 14.7. The molecule has 0 spiro atoms. The van der Waals surface area contributed by atoms with Crippen LogP contribution in [0.3, 0.4) is 0 Å². The van der Waals surface area contributed by atoms with Crippen LogP contribution in [0.5, 0.6) is 0 Å². The summed E-state index contributed by atoms with van der Waals surface area (Å²) in [5.74, 6) is -3.14. The molecule has 1 saturated heterocycles. The Labute approximate surface area is 197 Å². The van der Waals surface area contributed by atoms with Crippen LogP contribution in [0.15, 0.2) is 0 Å². The fourth-order valence-electron chi connectivity index (χ4n) is 3.58. The number of amides is 4. The van der Waals surface area contributed by atoms with Crippen LogP contribution >= 0.6 is 11.8 Å². The molecule has 4 unspecified atom stereocenters. The first kappa shape index (κ1) is 28.7. The van der Waals surface area contributed by atoms with E-state index in [2.05, 4.69) is 10.6 Å². The highest BCUT2D eigenvalue weighted by atomic mass is 32.2. The Morgan fingerprint density at radius 1 is 1.12 bits per heavy atom. The number of nitrogens with one attached hydrogen (secondary N) is 2. The van der Waals surface area contributed by atoms with Crippen LogP contribution in [0, 0.1) is 0 Å². The number of unbranched alkanes of at least 4 members (excludes halogenated alkanes) is 1. The summed E-state index contributed by atoms with van der Waals surface area (Å²) in [5, 5.41) is 14.4. The predicted octanol–water partition coefficient (Wildman–Crippen LogP) is -1.88. The number of hydrogen-bond acceptors (Lipinski definition) is 8. The summed E-state index contributed by atoms with van der Waals surface area (Å²) < 4.78 is 0. The highest BCUT2D eigenvalue weighted by Crippen LogP contribution is 2.20. The highest BCUT2D eigenvalue weighted by molar-refractivity contribution is 7.98. The Hall–Kier alpha value is -2.38. The maximum absolute atomic E-state index is 13.1. The summed E-state index contributed by atoms with van der Waals surface area (Å²) in [6.07, 6.45) is 4.03. The van der Waals surface area contributed by atoms with Crippen molar-refractivity contribution in [1.29, 1.82) is 0 Å². The van der Waals surface area contributed by atoms with Gasteiger partial charge >= 0.3 is 5.97 Å². The van der Waals surface area contributed by atoms with E-state index in [-0.39, 0.29) is 13.0 Å². The monoisotopic (exact) mass is 488 g/mol. The first-order chi connectivity index (χ1) is 15.6. The van der Waals surface area contributed by atoms with E-state index in [1.54, 1.807) is 0 Å². The number of thioether (sulfide) groups is 1. The van der Waals surface area contributed by atoms with Crippen molar-refractivity contribution in [2.24, 2.45) is 17.2 Å². The summed E-state index contributed by atoms with van der Waals surface area (Å²) >= 11 is 1.52. The van der Waals surface area contributed by atoms with Crippen LogP contribution in [0.1, 0.15) is 44.9 Å². The van der Waals surface area contributed by atoms with Crippen molar-refractivity contribution in [3.8, 4) is 0 Å². The lowest BCUT2D eigenvalue weighted by Crippen LogP contribution is -2.57. The zero-order valence-electron chi connectivity index (χ0n) is 19.0. The van der Waals surface area contributed by atoms with Crippen molar-refractivity contribution in [3.63, 3.8) is 0 Å². The van der Waals surface area contributed by atoms with Gasteiger partial charge in [-0.05, 0) is 57.1 Å². The number of hydrogen-bond donors (Lipinski definition) is 6. The molecule has 4 amide bonds. The van der Waals surface area contributed by atoms with Gasteiger partial charge in [-0.15, -0.1) is 0 Å². The molecule has 4 atom stereocenters. The van der Waals surface area contributed by atoms with Crippen molar-refractivity contribution >= 4 is 41.4 Å². The molecule has 0 aromatic carbocycles. The maximum Gasteiger partial charge on any atom is 0.326 e. The predicted molar refractivity (Wildman–Crippen MR) is 124 cm³/mol. The third-order valence-electron chi connectivity index (χ3n) is 5.39. The molecule has 1 aliphatic heterocycles. The van der Waals surface area contributed by atoms with Crippen LogP contribution in [0.4, 0.5) is 0 Å². The molecule has 0 aliphatic carbocycles. The number of carbonyl (C=O) groups excluding carboxylic acids is 4. The normalized spacial score (nSPS) is 18.3. The Bertz CT molecular complexity index is 709. The largest absolute Gasteiger partial charge is 0.480 e. The lowest BCUT2D eigenvalue weighted by Gasteiger charge is -2.29. The van der Waals surface area contributed by atoms with Gasteiger partial charge in [-0.3, -0.25) is 19.2 Å². The smallest absolute Gasteiger partial charge is 0.326 e. The average Bonchev–Trinajstić information content (AvgIpc) is 3.25. The molecule has 0 bridgehead atoms. The van der Waals surface area contributed by atoms with Gasteiger partial charge < -0.3 is 37.8 Å². The quantitative estimate of drug-likeness (QED) is 0.142. The molecule has 12 nitrogen and oxygen atoms in total. The first-order valence-electron chi connectivity index (χ1n) is 11.0. The zero-order valence-corrected chi connectivity index (χ0v) is 19.8. The first-order valence-corrected chi connectivity index (χ1v) is 12.4. The summed E-state index contributed by atoms with van der Waals surface area (Å²) in [4.78, 5) is 62.6. The third-order valence-corrected chi connectivity index (χ3v) is 6.03. The summed E-state index contributed by atoms with van der Waals surface area (Å²) in [5.41, 5.74) is 16.5. The van der Waals surface area contributed by atoms with Gasteiger partial charge in [-0.1, -0.05) is 0 Å². The van der Waals surface area contributed by atoms with Crippen molar-refractivity contribution in [2.75, 3.05) is 25.1 Å². The Kier molecular flexibility index (Phi) is 12.8. The number of primary amides is 1. The molecule has 0 aromatic heterocycles. The Balaban J connectivity index is 2.89. The van der Waals surface area contributed by atoms with Gasteiger partial charge in [0.25, 0.3) is 0 Å². The van der Waals surface area contributed by atoms with Gasteiger partial charge in [0.1, 0.15) is 18.1 Å². The van der Waals surface area contributed by atoms with Gasteiger partial charge in [0.2, 0.25) is 23.6 Å². The summed E-state index contributed by atoms with van der Waals surface area (Å²) in [6, 6.07) is -4.13. The van der Waals surface area contributed by atoms with Crippen molar-refractivity contribution < 1.29 is 29.1 Å². The number of nitrogens with two attached hydrogens (primary N) is 3. The van der Waals surface area contributed by atoms with E-state index >= 15 is 0 Å². The minimum absolute atomic E-state index is 0.216. The molecule has 33 heavy (non-hydrogen) atoms. The molecule has 1 fully saturated rings. The Morgan fingerprint density at radius 3 is 2.39 bits per heavy atom. The van der Waals surface area contributed by atoms with Gasteiger partial charge in [0.05, 0.1) is 12.5 Å². The molecule has 1 aliphatic rings. The molecule has 1 heterocycles. The standard InChI is InChI=1S/C20H36N6O6S/c1-33-10-7-12(22)17(28)25-14(11-16(23)27)19(30)26-9-4-6-15(26)18(29)24-13(20(31)32)5-2-3-8-21/h12-15H,2-11,21-22H2,1H3,(H2,23,27)(H,24,29)(H,25,28)(H,31,32). The molecule has 0 saturated carbocycles. The lowest BCUT2D eigenvalue weighted by molar-refractivity contribution is -0.145. The second-order valence-corrected chi connectivity index (χ2v) is 8.98. The topological polar surface area (TPSA) is 211 Å². The number of carboxylic acid groups (broad SMARTS) is 1. The van der Waals surface area contributed by atoms with Crippen LogP contribution in [0.2, 0.25) is 0 Å². The number of nitrogens with zero attached hydrogens (tertiary/aromatic N) is 1. The minimum atomic E-state index is -1.26. The summed E-state index contributed by atoms with van der Waals surface area (Å²) in [6.45, 7) is 0.643. The molecular weight excluding hydrogens is 452 g/mol. The van der Waals surface area contributed by atoms with Crippen LogP contribution in [0.25, 0.3) is 0 Å². The van der Waals surface area contributed by atoms with E-state index in [9.17, 15) is 29.1 Å². The average molecular weight is 489 g/mol. The SMILES string of the molecule is CSCCC(N)C(=O)NC(CC(N)=O)C(=O)N1CCCC1C(=O)NC(CCCCN)C(=O)O. The fourth-order valence-corrected chi connectivity index (χ4v) is 4.07. The van der Waals surface area contributed by atoms with E-state index < -0.39 is 60.2 Å². The zero-order chi connectivity index (χ0) is 25.0. The van der Waals surface area contributed by atoms with Gasteiger partial charge in [0, 0.05) is 6.54 Å². The van der Waals surface area contributed by atoms with Crippen LogP contribution < -0.4 is 27.8 Å². The second-order valence-electron chi connectivity index (χ2n) is 7.99. The molecule has 0 radical (unpaired) electrons.